The SMILES string of the molecule is CNc1nccc(NCCCCCCC(C)C)n1. The molecule has 0 amide bonds. The van der Waals surface area contributed by atoms with Crippen LogP contribution in [0.25, 0.3) is 0 Å². The zero-order valence-electron chi connectivity index (χ0n) is 11.9. The minimum Gasteiger partial charge on any atom is -0.370 e. The molecule has 0 bridgehead atoms. The van der Waals surface area contributed by atoms with Crippen molar-refractivity contribution in [3.8, 4) is 0 Å². The number of hydrogen-bond acceptors (Lipinski definition) is 4. The predicted molar refractivity (Wildman–Crippen MR) is 78.0 cm³/mol. The summed E-state index contributed by atoms with van der Waals surface area (Å²) in [5, 5.41) is 6.26. The second kappa shape index (κ2) is 8.72. The molecule has 1 aromatic rings. The monoisotopic (exact) mass is 250 g/mol. The van der Waals surface area contributed by atoms with Gasteiger partial charge in [0, 0.05) is 19.8 Å². The Hall–Kier alpha value is -1.32. The van der Waals surface area contributed by atoms with Crippen LogP contribution in [0, 0.1) is 5.92 Å². The van der Waals surface area contributed by atoms with Gasteiger partial charge in [-0.05, 0) is 18.4 Å². The molecule has 0 saturated carbocycles. The zero-order chi connectivity index (χ0) is 13.2. The largest absolute Gasteiger partial charge is 0.370 e. The number of unbranched alkanes of at least 4 members (excludes halogenated alkanes) is 3. The quantitative estimate of drug-likeness (QED) is 0.658. The van der Waals surface area contributed by atoms with Crippen LogP contribution >= 0.6 is 0 Å². The first-order valence-corrected chi connectivity index (χ1v) is 6.97. The molecule has 0 aliphatic carbocycles. The third-order valence-corrected chi connectivity index (χ3v) is 2.89. The molecule has 102 valence electrons. The van der Waals surface area contributed by atoms with Crippen LogP contribution in [0.1, 0.15) is 46.0 Å². The van der Waals surface area contributed by atoms with Crippen LogP contribution < -0.4 is 10.6 Å². The van der Waals surface area contributed by atoms with Crippen molar-refractivity contribution in [3.05, 3.63) is 12.3 Å². The van der Waals surface area contributed by atoms with E-state index in [1.54, 1.807) is 6.20 Å². The van der Waals surface area contributed by atoms with Gasteiger partial charge in [-0.15, -0.1) is 0 Å². The lowest BCUT2D eigenvalue weighted by Crippen LogP contribution is -2.05. The lowest BCUT2D eigenvalue weighted by Gasteiger charge is -2.07. The van der Waals surface area contributed by atoms with Gasteiger partial charge in [0.25, 0.3) is 0 Å². The normalized spacial score (nSPS) is 10.7. The zero-order valence-corrected chi connectivity index (χ0v) is 11.9. The number of rotatable bonds is 9. The number of nitrogens with zero attached hydrogens (tertiary/aromatic N) is 2. The number of nitrogens with one attached hydrogen (secondary N) is 2. The Balaban J connectivity index is 2.06. The summed E-state index contributed by atoms with van der Waals surface area (Å²) in [6.07, 6.45) is 8.32. The van der Waals surface area contributed by atoms with E-state index >= 15 is 0 Å². The highest BCUT2D eigenvalue weighted by molar-refractivity contribution is 5.38. The molecule has 0 aliphatic heterocycles. The minimum atomic E-state index is 0.664. The summed E-state index contributed by atoms with van der Waals surface area (Å²) in [5.41, 5.74) is 0. The van der Waals surface area contributed by atoms with Crippen LogP contribution in [0.15, 0.2) is 12.3 Å². The van der Waals surface area contributed by atoms with Gasteiger partial charge in [0.15, 0.2) is 0 Å². The van der Waals surface area contributed by atoms with Crippen LogP contribution in [0.2, 0.25) is 0 Å². The number of anilines is 2. The van der Waals surface area contributed by atoms with Gasteiger partial charge in [0.05, 0.1) is 0 Å². The van der Waals surface area contributed by atoms with Gasteiger partial charge in [0.1, 0.15) is 5.82 Å². The summed E-state index contributed by atoms with van der Waals surface area (Å²) in [7, 11) is 1.83. The van der Waals surface area contributed by atoms with E-state index in [1.165, 1.54) is 32.1 Å². The molecule has 1 rings (SSSR count). The maximum Gasteiger partial charge on any atom is 0.224 e. The highest BCUT2D eigenvalue weighted by atomic mass is 15.1. The van der Waals surface area contributed by atoms with Crippen molar-refractivity contribution in [2.24, 2.45) is 5.92 Å². The first-order chi connectivity index (χ1) is 8.72. The predicted octanol–water partition coefficient (Wildman–Crippen LogP) is 3.54. The van der Waals surface area contributed by atoms with Gasteiger partial charge in [-0.1, -0.05) is 39.5 Å². The van der Waals surface area contributed by atoms with E-state index in [0.29, 0.717) is 5.95 Å². The molecule has 4 nitrogen and oxygen atoms in total. The van der Waals surface area contributed by atoms with Gasteiger partial charge in [-0.3, -0.25) is 0 Å². The fourth-order valence-electron chi connectivity index (χ4n) is 1.83. The molecule has 18 heavy (non-hydrogen) atoms. The van der Waals surface area contributed by atoms with E-state index in [4.69, 9.17) is 0 Å². The first kappa shape index (κ1) is 14.7. The molecule has 4 heteroatoms. The molecule has 0 saturated heterocycles. The van der Waals surface area contributed by atoms with Gasteiger partial charge in [-0.2, -0.15) is 4.98 Å². The van der Waals surface area contributed by atoms with Gasteiger partial charge >= 0.3 is 0 Å². The van der Waals surface area contributed by atoms with Crippen molar-refractivity contribution in [2.45, 2.75) is 46.0 Å². The van der Waals surface area contributed by atoms with Crippen molar-refractivity contribution in [3.63, 3.8) is 0 Å². The Bertz CT molecular complexity index is 325. The van der Waals surface area contributed by atoms with Gasteiger partial charge in [0.2, 0.25) is 5.95 Å². The maximum absolute atomic E-state index is 4.32. The summed E-state index contributed by atoms with van der Waals surface area (Å²) in [4.78, 5) is 8.40. The summed E-state index contributed by atoms with van der Waals surface area (Å²) in [6.45, 7) is 5.56. The topological polar surface area (TPSA) is 49.8 Å². The van der Waals surface area contributed by atoms with E-state index in [1.807, 2.05) is 13.1 Å². The van der Waals surface area contributed by atoms with Gasteiger partial charge < -0.3 is 10.6 Å². The van der Waals surface area contributed by atoms with Crippen LogP contribution in [-0.4, -0.2) is 23.6 Å². The standard InChI is InChI=1S/C14H26N4/c1-12(2)8-6-4-5-7-10-16-13-9-11-17-14(15-3)18-13/h9,11-12H,4-8,10H2,1-3H3,(H2,15,16,17,18). The number of aromatic nitrogens is 2. The Kier molecular flexibility index (Phi) is 7.14. The van der Waals surface area contributed by atoms with E-state index in [0.717, 1.165) is 18.3 Å². The van der Waals surface area contributed by atoms with Crippen LogP contribution in [0.3, 0.4) is 0 Å². The fourth-order valence-corrected chi connectivity index (χ4v) is 1.83. The third-order valence-electron chi connectivity index (χ3n) is 2.89. The van der Waals surface area contributed by atoms with Crippen molar-refractivity contribution < 1.29 is 0 Å². The lowest BCUT2D eigenvalue weighted by molar-refractivity contribution is 0.523. The molecule has 0 radical (unpaired) electrons. The van der Waals surface area contributed by atoms with Crippen molar-refractivity contribution in [1.29, 1.82) is 0 Å². The van der Waals surface area contributed by atoms with Gasteiger partial charge in [-0.25, -0.2) is 4.98 Å². The fraction of sp³-hybridized carbons (Fsp3) is 0.714. The molecule has 0 spiro atoms. The van der Waals surface area contributed by atoms with Crippen LogP contribution in [0.5, 0.6) is 0 Å². The van der Waals surface area contributed by atoms with E-state index in [9.17, 15) is 0 Å². The molecule has 0 unspecified atom stereocenters. The van der Waals surface area contributed by atoms with Crippen molar-refractivity contribution in [1.82, 2.24) is 9.97 Å². The maximum atomic E-state index is 4.32. The third kappa shape index (κ3) is 6.42. The second-order valence-corrected chi connectivity index (χ2v) is 5.04. The molecule has 0 aromatic carbocycles. The molecular weight excluding hydrogens is 224 g/mol. The summed E-state index contributed by atoms with van der Waals surface area (Å²) >= 11 is 0. The van der Waals surface area contributed by atoms with E-state index in [2.05, 4.69) is 34.4 Å². The Morgan fingerprint density at radius 3 is 2.67 bits per heavy atom. The smallest absolute Gasteiger partial charge is 0.224 e. The average molecular weight is 250 g/mol. The lowest BCUT2D eigenvalue weighted by atomic mass is 10.0. The minimum absolute atomic E-state index is 0.664. The van der Waals surface area contributed by atoms with Crippen LogP contribution in [-0.2, 0) is 0 Å². The summed E-state index contributed by atoms with van der Waals surface area (Å²) in [5.74, 6) is 2.40. The molecular formula is C14H26N4. The Morgan fingerprint density at radius 1 is 1.17 bits per heavy atom. The second-order valence-electron chi connectivity index (χ2n) is 5.04. The highest BCUT2D eigenvalue weighted by Gasteiger charge is 1.97. The molecule has 2 N–H and O–H groups in total. The number of hydrogen-bond donors (Lipinski definition) is 2. The van der Waals surface area contributed by atoms with Crippen LogP contribution in [0.4, 0.5) is 11.8 Å². The molecule has 0 fully saturated rings. The highest BCUT2D eigenvalue weighted by Crippen LogP contribution is 2.10. The van der Waals surface area contributed by atoms with E-state index < -0.39 is 0 Å². The molecule has 1 heterocycles. The Labute approximate surface area is 111 Å². The molecule has 0 aliphatic rings. The average Bonchev–Trinajstić information content (AvgIpc) is 2.37. The van der Waals surface area contributed by atoms with Crippen molar-refractivity contribution >= 4 is 11.8 Å². The first-order valence-electron chi connectivity index (χ1n) is 6.97. The summed E-state index contributed by atoms with van der Waals surface area (Å²) in [6, 6.07) is 1.90. The summed E-state index contributed by atoms with van der Waals surface area (Å²) < 4.78 is 0. The molecule has 0 atom stereocenters. The van der Waals surface area contributed by atoms with Crippen molar-refractivity contribution in [2.75, 3.05) is 24.2 Å². The molecule has 1 aromatic heterocycles. The van der Waals surface area contributed by atoms with E-state index in [-0.39, 0.29) is 0 Å². The Morgan fingerprint density at radius 2 is 1.94 bits per heavy atom.